The van der Waals surface area contributed by atoms with Gasteiger partial charge in [0.2, 0.25) is 0 Å². The molecule has 0 aliphatic carbocycles. The summed E-state index contributed by atoms with van der Waals surface area (Å²) in [6.45, 7) is 13.1. The highest BCUT2D eigenvalue weighted by Gasteiger charge is 2.42. The summed E-state index contributed by atoms with van der Waals surface area (Å²) in [7, 11) is 0. The van der Waals surface area contributed by atoms with Crippen molar-refractivity contribution in [1.29, 1.82) is 0 Å². The Hall–Kier alpha value is -0.160. The molecule has 0 aromatic heterocycles. The molecule has 0 saturated carbocycles. The maximum absolute atomic E-state index is 6.16. The molecule has 2 N–H and O–H groups in total. The van der Waals surface area contributed by atoms with Crippen molar-refractivity contribution in [3.63, 3.8) is 0 Å². The Kier molecular flexibility index (Phi) is 4.56. The van der Waals surface area contributed by atoms with Crippen molar-refractivity contribution in [3.05, 3.63) is 0 Å². The minimum Gasteiger partial charge on any atom is -0.381 e. The summed E-state index contributed by atoms with van der Waals surface area (Å²) < 4.78 is 11.8. The number of morpholine rings is 1. The summed E-state index contributed by atoms with van der Waals surface area (Å²) in [5.74, 6) is 0.573. The van der Waals surface area contributed by atoms with Crippen LogP contribution in [0, 0.1) is 5.92 Å². The van der Waals surface area contributed by atoms with E-state index in [1.54, 1.807) is 0 Å². The average molecular weight is 270 g/mol. The fraction of sp³-hybridized carbons (Fsp3) is 1.00. The Morgan fingerprint density at radius 1 is 1.21 bits per heavy atom. The Bertz CT molecular complexity index is 283. The van der Waals surface area contributed by atoms with E-state index in [1.807, 2.05) is 0 Å². The van der Waals surface area contributed by atoms with Gasteiger partial charge in [0.05, 0.1) is 17.8 Å². The first-order valence-electron chi connectivity index (χ1n) is 7.55. The highest BCUT2D eigenvalue weighted by atomic mass is 16.5. The van der Waals surface area contributed by atoms with Crippen molar-refractivity contribution in [2.45, 2.75) is 57.8 Å². The molecule has 2 saturated heterocycles. The summed E-state index contributed by atoms with van der Waals surface area (Å²) >= 11 is 0. The number of ether oxygens (including phenoxy) is 2. The van der Waals surface area contributed by atoms with Crippen molar-refractivity contribution in [2.75, 3.05) is 32.8 Å². The molecule has 112 valence electrons. The molecule has 2 unspecified atom stereocenters. The fourth-order valence-corrected chi connectivity index (χ4v) is 3.79. The maximum Gasteiger partial charge on any atom is 0.0760 e. The molecule has 0 radical (unpaired) electrons. The van der Waals surface area contributed by atoms with Gasteiger partial charge < -0.3 is 15.2 Å². The van der Waals surface area contributed by atoms with Gasteiger partial charge in [-0.2, -0.15) is 0 Å². The molecule has 2 aliphatic heterocycles. The lowest BCUT2D eigenvalue weighted by atomic mass is 9.89. The third-order valence-electron chi connectivity index (χ3n) is 4.17. The predicted molar refractivity (Wildman–Crippen MR) is 77.2 cm³/mol. The van der Waals surface area contributed by atoms with Crippen LogP contribution in [0.4, 0.5) is 0 Å². The summed E-state index contributed by atoms with van der Waals surface area (Å²) in [4.78, 5) is 2.53. The first-order valence-corrected chi connectivity index (χ1v) is 7.55. The van der Waals surface area contributed by atoms with Crippen molar-refractivity contribution < 1.29 is 9.47 Å². The van der Waals surface area contributed by atoms with Gasteiger partial charge in [0.25, 0.3) is 0 Å². The molecule has 2 atom stereocenters. The molecule has 2 fully saturated rings. The van der Waals surface area contributed by atoms with Crippen LogP contribution in [0.25, 0.3) is 0 Å². The molecule has 4 nitrogen and oxygen atoms in total. The van der Waals surface area contributed by atoms with E-state index in [-0.39, 0.29) is 11.2 Å². The molecule has 0 spiro atoms. The smallest absolute Gasteiger partial charge is 0.0760 e. The van der Waals surface area contributed by atoms with Gasteiger partial charge in [0.15, 0.2) is 0 Å². The zero-order valence-electron chi connectivity index (χ0n) is 12.9. The van der Waals surface area contributed by atoms with E-state index < -0.39 is 0 Å². The summed E-state index contributed by atoms with van der Waals surface area (Å²) in [5.41, 5.74) is 5.86. The van der Waals surface area contributed by atoms with Crippen LogP contribution in [0.5, 0.6) is 0 Å². The van der Waals surface area contributed by atoms with Gasteiger partial charge in [-0.15, -0.1) is 0 Å². The van der Waals surface area contributed by atoms with Gasteiger partial charge in [-0.1, -0.05) is 0 Å². The van der Waals surface area contributed by atoms with Crippen molar-refractivity contribution in [3.8, 4) is 0 Å². The number of hydrogen-bond acceptors (Lipinski definition) is 4. The molecular weight excluding hydrogens is 240 g/mol. The van der Waals surface area contributed by atoms with Crippen LogP contribution in [0.3, 0.4) is 0 Å². The lowest BCUT2D eigenvalue weighted by molar-refractivity contribution is -0.192. The second kappa shape index (κ2) is 5.68. The average Bonchev–Trinajstić information content (AvgIpc) is 2.27. The Labute approximate surface area is 117 Å². The lowest BCUT2D eigenvalue weighted by Gasteiger charge is -2.51. The second-order valence-electron chi connectivity index (χ2n) is 7.31. The van der Waals surface area contributed by atoms with E-state index in [0.29, 0.717) is 18.5 Å². The third kappa shape index (κ3) is 3.91. The first-order chi connectivity index (χ1) is 8.83. The molecule has 0 amide bonds. The largest absolute Gasteiger partial charge is 0.381 e. The van der Waals surface area contributed by atoms with Gasteiger partial charge in [-0.25, -0.2) is 0 Å². The quantitative estimate of drug-likeness (QED) is 0.847. The van der Waals surface area contributed by atoms with Gasteiger partial charge in [-0.05, 0) is 46.5 Å². The monoisotopic (exact) mass is 270 g/mol. The predicted octanol–water partition coefficient (Wildman–Crippen LogP) is 1.63. The van der Waals surface area contributed by atoms with Crippen LogP contribution >= 0.6 is 0 Å². The molecule has 0 bridgehead atoms. The molecule has 4 heteroatoms. The molecule has 2 aliphatic rings. The topological polar surface area (TPSA) is 47.7 Å². The number of nitrogens with zero attached hydrogens (tertiary/aromatic N) is 1. The molecule has 0 aromatic carbocycles. The zero-order chi connectivity index (χ0) is 14.1. The first kappa shape index (κ1) is 15.2. The van der Waals surface area contributed by atoms with Gasteiger partial charge >= 0.3 is 0 Å². The maximum atomic E-state index is 6.16. The molecular formula is C15H30N2O2. The van der Waals surface area contributed by atoms with Crippen LogP contribution in [-0.2, 0) is 9.47 Å². The van der Waals surface area contributed by atoms with E-state index in [9.17, 15) is 0 Å². The molecule has 0 aromatic rings. The van der Waals surface area contributed by atoms with E-state index >= 15 is 0 Å². The second-order valence-corrected chi connectivity index (χ2v) is 7.31. The van der Waals surface area contributed by atoms with Gasteiger partial charge in [0.1, 0.15) is 0 Å². The van der Waals surface area contributed by atoms with E-state index in [2.05, 4.69) is 32.6 Å². The number of rotatable bonds is 3. The van der Waals surface area contributed by atoms with Crippen LogP contribution in [0.15, 0.2) is 0 Å². The van der Waals surface area contributed by atoms with Crippen LogP contribution in [-0.4, -0.2) is 55.0 Å². The van der Waals surface area contributed by atoms with E-state index in [1.165, 1.54) is 6.42 Å². The Morgan fingerprint density at radius 3 is 2.32 bits per heavy atom. The van der Waals surface area contributed by atoms with E-state index in [4.69, 9.17) is 15.2 Å². The van der Waals surface area contributed by atoms with Crippen LogP contribution < -0.4 is 5.73 Å². The Balaban J connectivity index is 2.08. The molecule has 19 heavy (non-hydrogen) atoms. The minimum absolute atomic E-state index is 0.106. The number of hydrogen-bond donors (Lipinski definition) is 1. The van der Waals surface area contributed by atoms with Crippen molar-refractivity contribution >= 4 is 0 Å². The summed E-state index contributed by atoms with van der Waals surface area (Å²) in [6.07, 6.45) is 2.40. The SMILES string of the molecule is CC1(C)CN(C(CN)C2CCCOC2)CC(C)(C)O1. The summed E-state index contributed by atoms with van der Waals surface area (Å²) in [6, 6.07) is 0.419. The zero-order valence-corrected chi connectivity index (χ0v) is 12.9. The Morgan fingerprint density at radius 2 is 1.84 bits per heavy atom. The summed E-state index contributed by atoms with van der Waals surface area (Å²) in [5, 5.41) is 0. The molecule has 2 heterocycles. The third-order valence-corrected chi connectivity index (χ3v) is 4.17. The van der Waals surface area contributed by atoms with Gasteiger partial charge in [-0.3, -0.25) is 4.90 Å². The lowest BCUT2D eigenvalue weighted by Crippen LogP contribution is -2.62. The van der Waals surface area contributed by atoms with Crippen molar-refractivity contribution in [2.24, 2.45) is 11.7 Å². The minimum atomic E-state index is -0.106. The normalized spacial score (nSPS) is 33.0. The van der Waals surface area contributed by atoms with E-state index in [0.717, 1.165) is 32.7 Å². The number of nitrogens with two attached hydrogens (primary N) is 1. The standard InChI is InChI=1S/C15H30N2O2/c1-14(2)10-17(11-15(3,4)19-14)13(8-16)12-6-5-7-18-9-12/h12-13H,5-11,16H2,1-4H3. The highest BCUT2D eigenvalue weighted by molar-refractivity contribution is 4.94. The van der Waals surface area contributed by atoms with Crippen molar-refractivity contribution in [1.82, 2.24) is 4.90 Å². The van der Waals surface area contributed by atoms with Crippen LogP contribution in [0.2, 0.25) is 0 Å². The fourth-order valence-electron chi connectivity index (χ4n) is 3.79. The molecule has 2 rings (SSSR count). The van der Waals surface area contributed by atoms with Crippen LogP contribution in [0.1, 0.15) is 40.5 Å². The van der Waals surface area contributed by atoms with Gasteiger partial charge in [0, 0.05) is 32.3 Å². The highest BCUT2D eigenvalue weighted by Crippen LogP contribution is 2.32.